The lowest BCUT2D eigenvalue weighted by Crippen LogP contribution is -2.82. The molecule has 16 nitrogen and oxygen atoms in total. The maximum Gasteiger partial charge on any atom is 0.408 e. The highest BCUT2D eigenvalue weighted by atomic mass is 19.3. The van der Waals surface area contributed by atoms with Crippen LogP contribution in [0.25, 0.3) is 0 Å². The summed E-state index contributed by atoms with van der Waals surface area (Å²) in [5.74, 6) is -6.86. The number of fused-ring (bicyclic) bond motifs is 5. The number of benzene rings is 1. The lowest BCUT2D eigenvalue weighted by Gasteiger charge is -2.67. The lowest BCUT2D eigenvalue weighted by molar-refractivity contribution is -0.346. The van der Waals surface area contributed by atoms with Crippen LogP contribution in [-0.2, 0) is 47.6 Å². The summed E-state index contributed by atoms with van der Waals surface area (Å²) in [7, 11) is 0. The van der Waals surface area contributed by atoms with Crippen molar-refractivity contribution in [1.82, 2.24) is 5.32 Å². The molecule has 0 radical (unpaired) electrons. The summed E-state index contributed by atoms with van der Waals surface area (Å²) in [6.07, 6.45) is -15.4. The van der Waals surface area contributed by atoms with Crippen molar-refractivity contribution in [2.45, 2.75) is 141 Å². The lowest BCUT2D eigenvalue weighted by atomic mass is 9.44. The van der Waals surface area contributed by atoms with Gasteiger partial charge in [-0.05, 0) is 57.9 Å². The molecule has 1 aromatic carbocycles. The molecule has 3 fully saturated rings. The van der Waals surface area contributed by atoms with Crippen molar-refractivity contribution >= 4 is 35.8 Å². The van der Waals surface area contributed by atoms with Gasteiger partial charge in [0.2, 0.25) is 0 Å². The van der Waals surface area contributed by atoms with E-state index in [1.807, 2.05) is 5.32 Å². The zero-order valence-electron chi connectivity index (χ0n) is 34.9. The third-order valence-corrected chi connectivity index (χ3v) is 12.3. The van der Waals surface area contributed by atoms with Crippen molar-refractivity contribution in [3.05, 3.63) is 59.2 Å². The van der Waals surface area contributed by atoms with E-state index in [9.17, 15) is 48.1 Å². The van der Waals surface area contributed by atoms with Crippen molar-refractivity contribution < 1.29 is 81.3 Å². The Hall–Kier alpha value is -4.78. The molecule has 1 heterocycles. The highest BCUT2D eigenvalue weighted by Gasteiger charge is 2.78. The third-order valence-electron chi connectivity index (χ3n) is 12.3. The fourth-order valence-electron chi connectivity index (χ4n) is 9.21. The normalized spacial score (nSPS) is 32.8. The van der Waals surface area contributed by atoms with E-state index < -0.39 is 124 Å². The van der Waals surface area contributed by atoms with E-state index in [0.717, 1.165) is 6.92 Å². The molecule has 1 aromatic rings. The van der Waals surface area contributed by atoms with Crippen LogP contribution in [0.2, 0.25) is 0 Å². The Morgan fingerprint density at radius 2 is 1.68 bits per heavy atom. The minimum atomic E-state index is -2.51. The van der Waals surface area contributed by atoms with E-state index in [0.29, 0.717) is 0 Å². The number of Topliss-reactive ketones (excluding diaryl/α,β-unsaturated/α-hetero) is 1. The molecule has 1 aliphatic heterocycles. The molecule has 11 atom stereocenters. The SMILES string of the molecule is CCC(=O)O[C@H]1C(=O)[C@@]2(C)C([C@H](OC(=O)c3ccccc3)[C@]3(O)C[C@H](OC(=O)[C@H](O)[C@H](C=C(F)F)NC(=O)OC(C)(C)C)C(C)=C1C3(C)C)[C@]1(OC(C)=O)CO[C@@H]1C[C@@H]2O. The van der Waals surface area contributed by atoms with Crippen LogP contribution < -0.4 is 5.32 Å². The molecule has 5 rings (SSSR count). The van der Waals surface area contributed by atoms with Crippen molar-refractivity contribution in [1.29, 1.82) is 0 Å². The molecule has 3 aliphatic carbocycles. The number of amides is 1. The molecule has 18 heteroatoms. The number of rotatable bonds is 10. The van der Waals surface area contributed by atoms with E-state index in [-0.39, 0.29) is 42.2 Å². The topological polar surface area (TPSA) is 231 Å². The number of carbonyl (C=O) groups is 6. The van der Waals surface area contributed by atoms with Crippen LogP contribution in [0.15, 0.2) is 53.6 Å². The second-order valence-electron chi connectivity index (χ2n) is 17.5. The summed E-state index contributed by atoms with van der Waals surface area (Å²) in [4.78, 5) is 82.1. The van der Waals surface area contributed by atoms with Crippen LogP contribution in [0.5, 0.6) is 0 Å². The van der Waals surface area contributed by atoms with Crippen molar-refractivity contribution in [3.8, 4) is 0 Å². The van der Waals surface area contributed by atoms with Crippen LogP contribution >= 0.6 is 0 Å². The van der Waals surface area contributed by atoms with Gasteiger partial charge in [-0.25, -0.2) is 14.4 Å². The molecule has 330 valence electrons. The number of halogens is 2. The van der Waals surface area contributed by atoms with Gasteiger partial charge in [-0.3, -0.25) is 14.4 Å². The summed E-state index contributed by atoms with van der Waals surface area (Å²) in [5.41, 5.74) is -9.40. The molecule has 0 aromatic heterocycles. The van der Waals surface area contributed by atoms with Crippen LogP contribution in [0.4, 0.5) is 13.6 Å². The van der Waals surface area contributed by atoms with Crippen LogP contribution in [0, 0.1) is 16.7 Å². The highest BCUT2D eigenvalue weighted by molar-refractivity contribution is 5.95. The average molecular weight is 850 g/mol. The fourth-order valence-corrected chi connectivity index (χ4v) is 9.21. The number of ether oxygens (including phenoxy) is 6. The first-order chi connectivity index (χ1) is 27.7. The molecule has 2 saturated carbocycles. The van der Waals surface area contributed by atoms with Crippen LogP contribution in [0.1, 0.15) is 91.9 Å². The Balaban J connectivity index is 1.74. The van der Waals surface area contributed by atoms with Crippen molar-refractivity contribution in [2.24, 2.45) is 16.7 Å². The molecule has 1 unspecified atom stereocenters. The summed E-state index contributed by atoms with van der Waals surface area (Å²) >= 11 is 0. The van der Waals surface area contributed by atoms with E-state index >= 15 is 4.79 Å². The van der Waals surface area contributed by atoms with Gasteiger partial charge in [-0.2, -0.15) is 8.78 Å². The van der Waals surface area contributed by atoms with Gasteiger partial charge in [0.25, 0.3) is 6.08 Å². The largest absolute Gasteiger partial charge is 0.456 e. The Kier molecular flexibility index (Phi) is 12.8. The number of aliphatic hydroxyl groups is 3. The molecule has 4 N–H and O–H groups in total. The number of nitrogens with one attached hydrogen (secondary N) is 1. The van der Waals surface area contributed by atoms with Gasteiger partial charge in [-0.1, -0.05) is 39.0 Å². The van der Waals surface area contributed by atoms with Crippen molar-refractivity contribution in [2.75, 3.05) is 6.61 Å². The molecular formula is C42H53F2NO15. The first kappa shape index (κ1) is 46.3. The molecular weight excluding hydrogens is 796 g/mol. The molecule has 60 heavy (non-hydrogen) atoms. The number of ketones is 1. The van der Waals surface area contributed by atoms with E-state index in [1.54, 1.807) is 18.2 Å². The van der Waals surface area contributed by atoms with Crippen LogP contribution in [0.3, 0.4) is 0 Å². The number of carbonyl (C=O) groups excluding carboxylic acids is 6. The zero-order chi connectivity index (χ0) is 44.9. The number of hydrogen-bond acceptors (Lipinski definition) is 15. The number of esters is 4. The second kappa shape index (κ2) is 16.6. The molecule has 1 saturated heterocycles. The fraction of sp³-hybridized carbons (Fsp3) is 0.619. The number of aliphatic hydroxyl groups excluding tert-OH is 2. The summed E-state index contributed by atoms with van der Waals surface area (Å²) in [6.45, 7) is 12.4. The van der Waals surface area contributed by atoms with Gasteiger partial charge in [0.15, 0.2) is 23.6 Å². The van der Waals surface area contributed by atoms with Gasteiger partial charge in [-0.15, -0.1) is 0 Å². The highest BCUT2D eigenvalue weighted by Crippen LogP contribution is 2.64. The number of alkyl carbamates (subject to hydrolysis) is 1. The zero-order valence-corrected chi connectivity index (χ0v) is 34.9. The van der Waals surface area contributed by atoms with E-state index in [2.05, 4.69) is 0 Å². The predicted molar refractivity (Wildman–Crippen MR) is 203 cm³/mol. The molecule has 1 amide bonds. The quantitative estimate of drug-likeness (QED) is 0.150. The Labute approximate surface area is 345 Å². The molecule has 4 aliphatic rings. The van der Waals surface area contributed by atoms with Gasteiger partial charge >= 0.3 is 30.0 Å². The summed E-state index contributed by atoms with van der Waals surface area (Å²) in [6, 6.07) is 5.50. The van der Waals surface area contributed by atoms with Crippen molar-refractivity contribution in [3.63, 3.8) is 0 Å². The third kappa shape index (κ3) is 8.18. The Bertz CT molecular complexity index is 1960. The van der Waals surface area contributed by atoms with Gasteiger partial charge in [0.05, 0.1) is 35.6 Å². The maximum atomic E-state index is 15.4. The number of hydrogen-bond donors (Lipinski definition) is 4. The standard InChI is InChI=1S/C42H53F2NO15/c1-10-28(48)57-31-29-20(2)24(56-36(52)30(49)23(16-27(43)44)45-37(53)60-38(4,5)6)18-42(54,39(29,7)8)34(58-35(51)22-14-12-11-13-15-22)32-40(9,33(31)50)25(47)17-26-41(32,19-55-26)59-21(3)46/h11-16,23-26,30-32,34,47,49,54H,10,17-19H2,1-9H3,(H,45,53)/t23-,24-,25-,26+,30+,31+,32?,34-,40+,41-,42+/m0/s1. The van der Waals surface area contributed by atoms with Gasteiger partial charge in [0, 0.05) is 37.7 Å². The van der Waals surface area contributed by atoms with E-state index in [4.69, 9.17) is 28.4 Å². The average Bonchev–Trinajstić information content (AvgIpc) is 3.14. The molecule has 2 bridgehead atoms. The second-order valence-corrected chi connectivity index (χ2v) is 17.5. The Morgan fingerprint density at radius 3 is 2.22 bits per heavy atom. The Morgan fingerprint density at radius 1 is 1.05 bits per heavy atom. The molecule has 0 spiro atoms. The summed E-state index contributed by atoms with van der Waals surface area (Å²) in [5, 5.41) is 38.7. The first-order valence-electron chi connectivity index (χ1n) is 19.6. The van der Waals surface area contributed by atoms with E-state index in [1.165, 1.54) is 67.5 Å². The van der Waals surface area contributed by atoms with Crippen LogP contribution in [-0.4, -0.2) is 117 Å². The van der Waals surface area contributed by atoms with Gasteiger partial charge < -0.3 is 49.1 Å². The minimum absolute atomic E-state index is 0.00795. The monoisotopic (exact) mass is 849 g/mol. The first-order valence-corrected chi connectivity index (χ1v) is 19.6. The maximum absolute atomic E-state index is 15.4. The predicted octanol–water partition coefficient (Wildman–Crippen LogP) is 3.63. The summed E-state index contributed by atoms with van der Waals surface area (Å²) < 4.78 is 62.1. The smallest absolute Gasteiger partial charge is 0.408 e. The van der Waals surface area contributed by atoms with Gasteiger partial charge in [0.1, 0.15) is 29.5 Å². The minimum Gasteiger partial charge on any atom is -0.456 e.